The van der Waals surface area contributed by atoms with E-state index in [1.807, 2.05) is 20.8 Å². The van der Waals surface area contributed by atoms with E-state index < -0.39 is 22.6 Å². The molecule has 0 aromatic heterocycles. The molecule has 0 aromatic carbocycles. The average molecular weight is 411 g/mol. The third kappa shape index (κ3) is 4.22. The van der Waals surface area contributed by atoms with Gasteiger partial charge in [0, 0.05) is 39.0 Å². The Morgan fingerprint density at radius 1 is 1.10 bits per heavy atom. The van der Waals surface area contributed by atoms with Crippen LogP contribution in [0.3, 0.4) is 0 Å². The molecule has 8 nitrogen and oxygen atoms in total. The first-order chi connectivity index (χ1) is 13.5. The first kappa shape index (κ1) is 21.9. The molecule has 2 amide bonds. The summed E-state index contributed by atoms with van der Waals surface area (Å²) in [7, 11) is 0. The van der Waals surface area contributed by atoms with Crippen LogP contribution < -0.4 is 0 Å². The van der Waals surface area contributed by atoms with Gasteiger partial charge in [0.15, 0.2) is 5.60 Å². The van der Waals surface area contributed by atoms with Crippen molar-refractivity contribution in [1.29, 1.82) is 0 Å². The molecule has 2 atom stereocenters. The number of hydrogen-bond donors (Lipinski definition) is 1. The summed E-state index contributed by atoms with van der Waals surface area (Å²) < 4.78 is 10.5. The number of rotatable bonds is 3. The van der Waals surface area contributed by atoms with Crippen molar-refractivity contribution >= 4 is 18.0 Å². The highest BCUT2D eigenvalue weighted by Gasteiger charge is 2.58. The molecule has 164 valence electrons. The molecule has 3 fully saturated rings. The van der Waals surface area contributed by atoms with Crippen molar-refractivity contribution < 1.29 is 29.0 Å². The number of amides is 2. The van der Waals surface area contributed by atoms with E-state index in [-0.39, 0.29) is 37.4 Å². The van der Waals surface area contributed by atoms with Gasteiger partial charge in [-0.2, -0.15) is 0 Å². The largest absolute Gasteiger partial charge is 0.464 e. The number of hydrogen-bond acceptors (Lipinski definition) is 6. The molecule has 8 heteroatoms. The number of esters is 1. The van der Waals surface area contributed by atoms with Gasteiger partial charge in [-0.3, -0.25) is 4.79 Å². The van der Waals surface area contributed by atoms with Gasteiger partial charge in [-0.1, -0.05) is 6.42 Å². The van der Waals surface area contributed by atoms with Crippen LogP contribution in [0.25, 0.3) is 0 Å². The Morgan fingerprint density at radius 2 is 1.76 bits per heavy atom. The van der Waals surface area contributed by atoms with Gasteiger partial charge < -0.3 is 24.4 Å². The van der Waals surface area contributed by atoms with Crippen LogP contribution in [0.15, 0.2) is 0 Å². The van der Waals surface area contributed by atoms with E-state index in [1.165, 1.54) is 0 Å². The second-order valence-electron chi connectivity index (χ2n) is 9.65. The minimum absolute atomic E-state index is 0.0389. The number of piperidine rings is 1. The Balaban J connectivity index is 1.67. The minimum atomic E-state index is -1.52. The highest BCUT2D eigenvalue weighted by molar-refractivity contribution is 5.86. The van der Waals surface area contributed by atoms with E-state index in [0.717, 1.165) is 19.3 Å². The lowest BCUT2D eigenvalue weighted by Crippen LogP contribution is -2.55. The summed E-state index contributed by atoms with van der Waals surface area (Å²) in [5.74, 6) is -0.439. The monoisotopic (exact) mass is 410 g/mol. The number of ether oxygens (including phenoxy) is 2. The number of carbonyl (C=O) groups is 3. The van der Waals surface area contributed by atoms with Crippen molar-refractivity contribution in [3.05, 3.63) is 0 Å². The zero-order valence-corrected chi connectivity index (χ0v) is 18.0. The third-order valence-corrected chi connectivity index (χ3v) is 6.48. The van der Waals surface area contributed by atoms with Crippen LogP contribution in [0.1, 0.15) is 59.8 Å². The Morgan fingerprint density at radius 3 is 2.34 bits per heavy atom. The standard InChI is InChI=1S/C21H34N2O6/c1-5-28-17(25)21(27)9-11-22(12-10-21)16(24)20-8-6-7-15(20)13-23(14-20)18(26)29-19(2,3)4/h15,27H,5-14H2,1-4H3/t15-,20-/m1/s1. The fraction of sp³-hybridized carbons (Fsp3) is 0.857. The summed E-state index contributed by atoms with van der Waals surface area (Å²) in [4.78, 5) is 41.5. The normalized spacial score (nSPS) is 28.8. The molecule has 2 saturated heterocycles. The van der Waals surface area contributed by atoms with Crippen LogP contribution in [-0.4, -0.2) is 76.9 Å². The fourth-order valence-corrected chi connectivity index (χ4v) is 4.97. The lowest BCUT2D eigenvalue weighted by atomic mass is 9.78. The van der Waals surface area contributed by atoms with Crippen molar-refractivity contribution in [3.63, 3.8) is 0 Å². The van der Waals surface area contributed by atoms with Crippen molar-refractivity contribution in [2.45, 2.75) is 71.0 Å². The Bertz CT molecular complexity index is 665. The molecule has 1 aliphatic carbocycles. The molecule has 1 saturated carbocycles. The Hall–Kier alpha value is -1.83. The van der Waals surface area contributed by atoms with Gasteiger partial charge in [-0.15, -0.1) is 0 Å². The lowest BCUT2D eigenvalue weighted by molar-refractivity contribution is -0.172. The summed E-state index contributed by atoms with van der Waals surface area (Å²) in [5, 5.41) is 10.6. The molecule has 0 bridgehead atoms. The van der Waals surface area contributed by atoms with Crippen LogP contribution in [0.5, 0.6) is 0 Å². The van der Waals surface area contributed by atoms with Crippen molar-refractivity contribution in [2.24, 2.45) is 11.3 Å². The first-order valence-electron chi connectivity index (χ1n) is 10.7. The van der Waals surface area contributed by atoms with Gasteiger partial charge in [0.1, 0.15) is 5.60 Å². The molecule has 2 aliphatic heterocycles. The van der Waals surface area contributed by atoms with Gasteiger partial charge in [0.2, 0.25) is 5.91 Å². The number of fused-ring (bicyclic) bond motifs is 1. The summed E-state index contributed by atoms with van der Waals surface area (Å²) in [6, 6.07) is 0. The highest BCUT2D eigenvalue weighted by atomic mass is 16.6. The molecule has 0 aromatic rings. The minimum Gasteiger partial charge on any atom is -0.464 e. The molecule has 0 spiro atoms. The summed E-state index contributed by atoms with van der Waals surface area (Å²) in [6.45, 7) is 8.98. The van der Waals surface area contributed by atoms with Gasteiger partial charge in [0.05, 0.1) is 12.0 Å². The summed E-state index contributed by atoms with van der Waals surface area (Å²) >= 11 is 0. The van der Waals surface area contributed by atoms with Gasteiger partial charge >= 0.3 is 12.1 Å². The van der Waals surface area contributed by atoms with E-state index >= 15 is 0 Å². The molecule has 29 heavy (non-hydrogen) atoms. The molecular formula is C21H34N2O6. The van der Waals surface area contributed by atoms with Crippen molar-refractivity contribution in [2.75, 3.05) is 32.8 Å². The van der Waals surface area contributed by atoms with E-state index in [9.17, 15) is 19.5 Å². The third-order valence-electron chi connectivity index (χ3n) is 6.48. The second kappa shape index (κ2) is 7.78. The molecule has 0 radical (unpaired) electrons. The van der Waals surface area contributed by atoms with Gasteiger partial charge in [-0.25, -0.2) is 9.59 Å². The molecular weight excluding hydrogens is 376 g/mol. The summed E-state index contributed by atoms with van der Waals surface area (Å²) in [6.07, 6.45) is 2.64. The van der Waals surface area contributed by atoms with E-state index in [1.54, 1.807) is 16.7 Å². The van der Waals surface area contributed by atoms with Crippen LogP contribution in [-0.2, 0) is 19.1 Å². The topological polar surface area (TPSA) is 96.4 Å². The number of nitrogens with zero attached hydrogens (tertiary/aromatic N) is 2. The number of aliphatic hydroxyl groups is 1. The molecule has 0 unspecified atom stereocenters. The fourth-order valence-electron chi connectivity index (χ4n) is 4.97. The van der Waals surface area contributed by atoms with Gasteiger partial charge in [-0.05, 0) is 46.5 Å². The maximum Gasteiger partial charge on any atom is 0.410 e. The van der Waals surface area contributed by atoms with E-state index in [2.05, 4.69) is 0 Å². The van der Waals surface area contributed by atoms with E-state index in [4.69, 9.17) is 9.47 Å². The highest BCUT2D eigenvalue weighted by Crippen LogP contribution is 2.50. The molecule has 3 aliphatic rings. The molecule has 1 N–H and O–H groups in total. The second-order valence-corrected chi connectivity index (χ2v) is 9.65. The Kier molecular flexibility index (Phi) is 5.87. The van der Waals surface area contributed by atoms with Crippen LogP contribution in [0, 0.1) is 11.3 Å². The lowest BCUT2D eigenvalue weighted by Gasteiger charge is -2.40. The SMILES string of the molecule is CCOC(=O)C1(O)CCN(C(=O)[C@@]23CCC[C@@H]2CN(C(=O)OC(C)(C)C)C3)CC1. The maximum absolute atomic E-state index is 13.5. The maximum atomic E-state index is 13.5. The quantitative estimate of drug-likeness (QED) is 0.715. The smallest absolute Gasteiger partial charge is 0.410 e. The average Bonchev–Trinajstić information content (AvgIpc) is 3.19. The zero-order valence-electron chi connectivity index (χ0n) is 18.0. The van der Waals surface area contributed by atoms with Crippen LogP contribution in [0.2, 0.25) is 0 Å². The van der Waals surface area contributed by atoms with Gasteiger partial charge in [0.25, 0.3) is 0 Å². The van der Waals surface area contributed by atoms with Crippen LogP contribution in [0.4, 0.5) is 4.79 Å². The Labute approximate surface area is 172 Å². The van der Waals surface area contributed by atoms with Crippen molar-refractivity contribution in [1.82, 2.24) is 9.80 Å². The predicted molar refractivity (Wildman–Crippen MR) is 105 cm³/mol. The number of carbonyl (C=O) groups excluding carboxylic acids is 3. The summed E-state index contributed by atoms with van der Waals surface area (Å²) in [5.41, 5.74) is -2.66. The van der Waals surface area contributed by atoms with Crippen LogP contribution >= 0.6 is 0 Å². The zero-order chi connectivity index (χ0) is 21.4. The molecule has 3 rings (SSSR count). The molecule has 2 heterocycles. The van der Waals surface area contributed by atoms with E-state index in [0.29, 0.717) is 26.2 Å². The predicted octanol–water partition coefficient (Wildman–Crippen LogP) is 1.94. The van der Waals surface area contributed by atoms with Crippen molar-refractivity contribution in [3.8, 4) is 0 Å². The first-order valence-corrected chi connectivity index (χ1v) is 10.7. The number of likely N-dealkylation sites (tertiary alicyclic amines) is 2.